The van der Waals surface area contributed by atoms with Crippen LogP contribution in [0.1, 0.15) is 45.7 Å². The Morgan fingerprint density at radius 2 is 1.96 bits per heavy atom. The van der Waals surface area contributed by atoms with Gasteiger partial charge in [0, 0.05) is 6.04 Å². The molecular formula is C16H21F3N4O2. The minimum atomic E-state index is -4.51. The van der Waals surface area contributed by atoms with Crippen molar-refractivity contribution in [3.05, 3.63) is 18.1 Å². The summed E-state index contributed by atoms with van der Waals surface area (Å²) >= 11 is 0. The number of amides is 1. The molecular weight excluding hydrogens is 337 g/mol. The van der Waals surface area contributed by atoms with Crippen molar-refractivity contribution in [2.75, 3.05) is 5.32 Å². The molecule has 6 nitrogen and oxygen atoms in total. The first kappa shape index (κ1) is 17.8. The fourth-order valence-electron chi connectivity index (χ4n) is 3.48. The molecule has 3 heterocycles. The maximum Gasteiger partial charge on any atom is 0.434 e. The number of nitrogens with zero attached hydrogens (tertiary/aromatic N) is 3. The lowest BCUT2D eigenvalue weighted by atomic mass is 9.95. The van der Waals surface area contributed by atoms with Crippen molar-refractivity contribution in [2.24, 2.45) is 0 Å². The second-order valence-electron chi connectivity index (χ2n) is 7.46. The zero-order valence-corrected chi connectivity index (χ0v) is 14.3. The minimum absolute atomic E-state index is 0.0519. The van der Waals surface area contributed by atoms with Crippen molar-refractivity contribution < 1.29 is 22.7 Å². The lowest BCUT2D eigenvalue weighted by Gasteiger charge is -2.28. The van der Waals surface area contributed by atoms with Crippen LogP contribution in [0.3, 0.4) is 0 Å². The third kappa shape index (κ3) is 3.80. The van der Waals surface area contributed by atoms with Gasteiger partial charge in [0.2, 0.25) is 0 Å². The van der Waals surface area contributed by atoms with E-state index >= 15 is 0 Å². The standard InChI is InChI=1S/C16H21F3N4O2/c1-15(2,3)25-14(24)23-9-4-5-11(23)10(6-9)22-13-8-20-12(7-21-13)16(17,18)19/h7-11H,4-6H2,1-3H3,(H,21,22). The SMILES string of the molecule is CC(C)(C)OC(=O)N1C2CCC1C(Nc1cnc(C(F)(F)F)cn1)C2. The van der Waals surface area contributed by atoms with Gasteiger partial charge in [0.1, 0.15) is 11.4 Å². The van der Waals surface area contributed by atoms with Gasteiger partial charge in [0.25, 0.3) is 0 Å². The first-order valence-electron chi connectivity index (χ1n) is 8.22. The average Bonchev–Trinajstić information content (AvgIpc) is 3.02. The van der Waals surface area contributed by atoms with Gasteiger partial charge < -0.3 is 15.0 Å². The van der Waals surface area contributed by atoms with E-state index in [0.29, 0.717) is 12.6 Å². The Hall–Kier alpha value is -2.06. The van der Waals surface area contributed by atoms with Crippen molar-refractivity contribution in [3.63, 3.8) is 0 Å². The molecule has 2 saturated heterocycles. The summed E-state index contributed by atoms with van der Waals surface area (Å²) in [5, 5.41) is 3.11. The molecule has 0 aliphatic carbocycles. The molecule has 1 aromatic heterocycles. The summed E-state index contributed by atoms with van der Waals surface area (Å²) in [6.45, 7) is 5.45. The molecule has 1 amide bonds. The van der Waals surface area contributed by atoms with E-state index in [-0.39, 0.29) is 30.0 Å². The Bertz CT molecular complexity index is 642. The highest BCUT2D eigenvalue weighted by Gasteiger charge is 2.50. The highest BCUT2D eigenvalue weighted by molar-refractivity contribution is 5.70. The normalized spacial score (nSPS) is 26.0. The summed E-state index contributed by atoms with van der Waals surface area (Å²) in [7, 11) is 0. The van der Waals surface area contributed by atoms with E-state index in [9.17, 15) is 18.0 Å². The predicted molar refractivity (Wildman–Crippen MR) is 83.9 cm³/mol. The van der Waals surface area contributed by atoms with Crippen molar-refractivity contribution >= 4 is 11.9 Å². The van der Waals surface area contributed by atoms with E-state index in [1.165, 1.54) is 0 Å². The number of nitrogens with one attached hydrogen (secondary N) is 1. The lowest BCUT2D eigenvalue weighted by molar-refractivity contribution is -0.141. The molecule has 3 atom stereocenters. The molecule has 1 N–H and O–H groups in total. The van der Waals surface area contributed by atoms with E-state index in [4.69, 9.17) is 4.74 Å². The number of hydrogen-bond acceptors (Lipinski definition) is 5. The van der Waals surface area contributed by atoms with Crippen LogP contribution in [0, 0.1) is 0 Å². The third-order valence-electron chi connectivity index (χ3n) is 4.42. The van der Waals surface area contributed by atoms with Crippen LogP contribution in [0.5, 0.6) is 0 Å². The van der Waals surface area contributed by atoms with E-state index in [2.05, 4.69) is 15.3 Å². The molecule has 9 heteroatoms. The molecule has 2 fully saturated rings. The largest absolute Gasteiger partial charge is 0.444 e. The van der Waals surface area contributed by atoms with Crippen molar-refractivity contribution in [3.8, 4) is 0 Å². The van der Waals surface area contributed by atoms with E-state index in [1.807, 2.05) is 20.8 Å². The number of rotatable bonds is 2. The second kappa shape index (κ2) is 6.03. The molecule has 3 unspecified atom stereocenters. The highest BCUT2D eigenvalue weighted by atomic mass is 19.4. The number of ether oxygens (including phenoxy) is 1. The van der Waals surface area contributed by atoms with Crippen LogP contribution < -0.4 is 5.32 Å². The molecule has 2 aliphatic rings. The van der Waals surface area contributed by atoms with Gasteiger partial charge in [-0.25, -0.2) is 14.8 Å². The quantitative estimate of drug-likeness (QED) is 0.877. The third-order valence-corrected chi connectivity index (χ3v) is 4.42. The van der Waals surface area contributed by atoms with Gasteiger partial charge in [-0.05, 0) is 40.0 Å². The van der Waals surface area contributed by atoms with Crippen molar-refractivity contribution in [1.82, 2.24) is 14.9 Å². The minimum Gasteiger partial charge on any atom is -0.444 e. The zero-order valence-electron chi connectivity index (χ0n) is 14.3. The number of alkyl halides is 3. The monoisotopic (exact) mass is 358 g/mol. The Morgan fingerprint density at radius 3 is 2.52 bits per heavy atom. The molecule has 2 aliphatic heterocycles. The summed E-state index contributed by atoms with van der Waals surface area (Å²) in [5.74, 6) is 0.273. The van der Waals surface area contributed by atoms with Crippen LogP contribution in [0.2, 0.25) is 0 Å². The molecule has 0 spiro atoms. The Balaban J connectivity index is 1.66. The topological polar surface area (TPSA) is 67.3 Å². The molecule has 0 saturated carbocycles. The van der Waals surface area contributed by atoms with E-state index < -0.39 is 17.5 Å². The van der Waals surface area contributed by atoms with Crippen LogP contribution in [0.15, 0.2) is 12.4 Å². The number of anilines is 1. The number of hydrogen-bond donors (Lipinski definition) is 1. The predicted octanol–water partition coefficient (Wildman–Crippen LogP) is 3.45. The smallest absolute Gasteiger partial charge is 0.434 e. The summed E-state index contributed by atoms with van der Waals surface area (Å²) in [6.07, 6.45) is -0.620. The van der Waals surface area contributed by atoms with Crippen molar-refractivity contribution in [1.29, 1.82) is 0 Å². The lowest BCUT2D eigenvalue weighted by Crippen LogP contribution is -2.42. The van der Waals surface area contributed by atoms with Gasteiger partial charge in [0.05, 0.1) is 24.5 Å². The van der Waals surface area contributed by atoms with Crippen LogP contribution in [-0.2, 0) is 10.9 Å². The number of carbonyl (C=O) groups excluding carboxylic acids is 1. The Kier molecular flexibility index (Phi) is 4.28. The fourth-order valence-corrected chi connectivity index (χ4v) is 3.48. The number of halogens is 3. The first-order valence-corrected chi connectivity index (χ1v) is 8.22. The number of aromatic nitrogens is 2. The fraction of sp³-hybridized carbons (Fsp3) is 0.688. The average molecular weight is 358 g/mol. The first-order chi connectivity index (χ1) is 11.5. The van der Waals surface area contributed by atoms with Crippen LogP contribution in [0.4, 0.5) is 23.8 Å². The van der Waals surface area contributed by atoms with Crippen LogP contribution >= 0.6 is 0 Å². The van der Waals surface area contributed by atoms with Gasteiger partial charge in [-0.15, -0.1) is 0 Å². The Morgan fingerprint density at radius 1 is 1.24 bits per heavy atom. The summed E-state index contributed by atoms with van der Waals surface area (Å²) in [4.78, 5) is 21.3. The second-order valence-corrected chi connectivity index (χ2v) is 7.46. The summed E-state index contributed by atoms with van der Waals surface area (Å²) in [5.41, 5.74) is -1.60. The summed E-state index contributed by atoms with van der Waals surface area (Å²) in [6, 6.07) is -0.0407. The molecule has 2 bridgehead atoms. The molecule has 138 valence electrons. The van der Waals surface area contributed by atoms with Crippen molar-refractivity contribution in [2.45, 2.75) is 69.9 Å². The van der Waals surface area contributed by atoms with Gasteiger partial charge >= 0.3 is 12.3 Å². The van der Waals surface area contributed by atoms with Gasteiger partial charge in [0.15, 0.2) is 5.69 Å². The van der Waals surface area contributed by atoms with Crippen LogP contribution in [0.25, 0.3) is 0 Å². The zero-order chi connectivity index (χ0) is 18.4. The summed E-state index contributed by atoms with van der Waals surface area (Å²) < 4.78 is 43.1. The molecule has 25 heavy (non-hydrogen) atoms. The van der Waals surface area contributed by atoms with Gasteiger partial charge in [-0.1, -0.05) is 0 Å². The maximum absolute atomic E-state index is 12.5. The van der Waals surface area contributed by atoms with Crippen LogP contribution in [-0.4, -0.2) is 44.7 Å². The molecule has 0 radical (unpaired) electrons. The molecule has 1 aromatic rings. The maximum atomic E-state index is 12.5. The molecule has 3 rings (SSSR count). The van der Waals surface area contributed by atoms with E-state index in [1.54, 1.807) is 4.90 Å². The van der Waals surface area contributed by atoms with E-state index in [0.717, 1.165) is 19.0 Å². The molecule has 0 aromatic carbocycles. The van der Waals surface area contributed by atoms with Gasteiger partial charge in [-0.2, -0.15) is 13.2 Å². The number of carbonyl (C=O) groups is 1. The Labute approximate surface area is 143 Å². The number of fused-ring (bicyclic) bond motifs is 2. The van der Waals surface area contributed by atoms with Gasteiger partial charge in [-0.3, -0.25) is 0 Å². The highest BCUT2D eigenvalue weighted by Crippen LogP contribution is 2.40.